The van der Waals surface area contributed by atoms with Crippen LogP contribution in [0.4, 0.5) is 0 Å². The van der Waals surface area contributed by atoms with E-state index in [1.165, 1.54) is 5.56 Å². The molecular formula is C13H17N3. The molecule has 0 aliphatic carbocycles. The highest BCUT2D eigenvalue weighted by Crippen LogP contribution is 2.13. The Morgan fingerprint density at radius 1 is 1.31 bits per heavy atom. The van der Waals surface area contributed by atoms with Crippen molar-refractivity contribution in [1.82, 2.24) is 9.55 Å². The summed E-state index contributed by atoms with van der Waals surface area (Å²) in [4.78, 5) is 4.18. The zero-order chi connectivity index (χ0) is 11.5. The molecule has 84 valence electrons. The van der Waals surface area contributed by atoms with Crippen molar-refractivity contribution < 1.29 is 0 Å². The number of nitrogens with zero attached hydrogens (tertiary/aromatic N) is 2. The van der Waals surface area contributed by atoms with Crippen molar-refractivity contribution in [3.8, 4) is 5.69 Å². The second kappa shape index (κ2) is 4.49. The maximum absolute atomic E-state index is 5.81. The Morgan fingerprint density at radius 2 is 2.00 bits per heavy atom. The van der Waals surface area contributed by atoms with Crippen LogP contribution in [0, 0.1) is 6.92 Å². The van der Waals surface area contributed by atoms with E-state index in [1.54, 1.807) is 0 Å². The Kier molecular flexibility index (Phi) is 3.06. The van der Waals surface area contributed by atoms with Gasteiger partial charge in [0.05, 0.1) is 6.33 Å². The number of nitrogens with two attached hydrogens (primary N) is 1. The second-order valence-electron chi connectivity index (χ2n) is 4.27. The van der Waals surface area contributed by atoms with Gasteiger partial charge in [-0.1, -0.05) is 17.7 Å². The van der Waals surface area contributed by atoms with Crippen molar-refractivity contribution in [2.24, 2.45) is 5.73 Å². The summed E-state index contributed by atoms with van der Waals surface area (Å²) in [5.74, 6) is 0. The maximum Gasteiger partial charge on any atom is 0.0994 e. The van der Waals surface area contributed by atoms with Gasteiger partial charge in [0.1, 0.15) is 0 Å². The van der Waals surface area contributed by atoms with Crippen LogP contribution < -0.4 is 5.73 Å². The Morgan fingerprint density at radius 3 is 2.62 bits per heavy atom. The van der Waals surface area contributed by atoms with E-state index in [2.05, 4.69) is 40.7 Å². The van der Waals surface area contributed by atoms with Crippen LogP contribution in [0.5, 0.6) is 0 Å². The molecular weight excluding hydrogens is 198 g/mol. The van der Waals surface area contributed by atoms with Crippen molar-refractivity contribution in [2.75, 3.05) is 0 Å². The third-order valence-corrected chi connectivity index (χ3v) is 2.56. The van der Waals surface area contributed by atoms with E-state index < -0.39 is 0 Å². The van der Waals surface area contributed by atoms with E-state index in [0.717, 1.165) is 17.8 Å². The first-order valence-electron chi connectivity index (χ1n) is 5.50. The molecule has 1 unspecified atom stereocenters. The summed E-state index contributed by atoms with van der Waals surface area (Å²) in [6.45, 7) is 4.09. The molecule has 1 aromatic carbocycles. The SMILES string of the molecule is Cc1ccc(-n2cncc2CC(C)N)cc1. The molecule has 3 nitrogen and oxygen atoms in total. The van der Waals surface area contributed by atoms with E-state index in [1.807, 2.05) is 19.4 Å². The molecule has 1 atom stereocenters. The number of rotatable bonds is 3. The number of hydrogen-bond acceptors (Lipinski definition) is 2. The Hall–Kier alpha value is -1.61. The topological polar surface area (TPSA) is 43.8 Å². The standard InChI is InChI=1S/C13H17N3/c1-10-3-5-12(6-4-10)16-9-15-8-13(16)7-11(2)14/h3-6,8-9,11H,7,14H2,1-2H3. The van der Waals surface area contributed by atoms with Crippen molar-refractivity contribution in [3.63, 3.8) is 0 Å². The fourth-order valence-corrected chi connectivity index (χ4v) is 1.74. The van der Waals surface area contributed by atoms with Crippen LogP contribution >= 0.6 is 0 Å². The lowest BCUT2D eigenvalue weighted by Gasteiger charge is -2.10. The highest BCUT2D eigenvalue weighted by atomic mass is 15.0. The molecule has 0 saturated heterocycles. The largest absolute Gasteiger partial charge is 0.328 e. The van der Waals surface area contributed by atoms with E-state index in [4.69, 9.17) is 5.73 Å². The molecule has 0 amide bonds. The normalized spacial score (nSPS) is 12.7. The van der Waals surface area contributed by atoms with Crippen LogP contribution in [0.15, 0.2) is 36.8 Å². The lowest BCUT2D eigenvalue weighted by molar-refractivity contribution is 0.709. The van der Waals surface area contributed by atoms with E-state index in [-0.39, 0.29) is 6.04 Å². The van der Waals surface area contributed by atoms with Crippen molar-refractivity contribution in [1.29, 1.82) is 0 Å². The number of benzene rings is 1. The van der Waals surface area contributed by atoms with Gasteiger partial charge in [-0.05, 0) is 26.0 Å². The molecule has 2 N–H and O–H groups in total. The molecule has 2 rings (SSSR count). The van der Waals surface area contributed by atoms with E-state index >= 15 is 0 Å². The van der Waals surface area contributed by atoms with Crippen LogP contribution in [0.1, 0.15) is 18.2 Å². The van der Waals surface area contributed by atoms with Gasteiger partial charge < -0.3 is 10.3 Å². The first-order chi connectivity index (χ1) is 7.66. The van der Waals surface area contributed by atoms with Gasteiger partial charge in [0.2, 0.25) is 0 Å². The van der Waals surface area contributed by atoms with Gasteiger partial charge in [-0.15, -0.1) is 0 Å². The van der Waals surface area contributed by atoms with Crippen LogP contribution in [0.25, 0.3) is 5.69 Å². The smallest absolute Gasteiger partial charge is 0.0994 e. The molecule has 16 heavy (non-hydrogen) atoms. The van der Waals surface area contributed by atoms with Gasteiger partial charge >= 0.3 is 0 Å². The number of aromatic nitrogens is 2. The van der Waals surface area contributed by atoms with Gasteiger partial charge in [0, 0.05) is 30.0 Å². The average molecular weight is 215 g/mol. The second-order valence-corrected chi connectivity index (χ2v) is 4.27. The molecule has 0 spiro atoms. The Balaban J connectivity index is 2.33. The molecule has 0 fully saturated rings. The van der Waals surface area contributed by atoms with Crippen LogP contribution in [0.3, 0.4) is 0 Å². The minimum absolute atomic E-state index is 0.154. The molecule has 0 saturated carbocycles. The third-order valence-electron chi connectivity index (χ3n) is 2.56. The first-order valence-corrected chi connectivity index (χ1v) is 5.50. The van der Waals surface area contributed by atoms with Gasteiger partial charge in [-0.25, -0.2) is 4.98 Å². The summed E-state index contributed by atoms with van der Waals surface area (Å²) in [7, 11) is 0. The summed E-state index contributed by atoms with van der Waals surface area (Å²) in [6, 6.07) is 8.56. The van der Waals surface area contributed by atoms with E-state index in [9.17, 15) is 0 Å². The van der Waals surface area contributed by atoms with Crippen LogP contribution in [-0.2, 0) is 6.42 Å². The number of imidazole rings is 1. The molecule has 0 radical (unpaired) electrons. The average Bonchev–Trinajstić information content (AvgIpc) is 2.66. The Bertz CT molecular complexity index is 454. The monoisotopic (exact) mass is 215 g/mol. The molecule has 2 aromatic rings. The molecule has 3 heteroatoms. The van der Waals surface area contributed by atoms with Gasteiger partial charge in [0.15, 0.2) is 0 Å². The van der Waals surface area contributed by atoms with E-state index in [0.29, 0.717) is 0 Å². The lowest BCUT2D eigenvalue weighted by Crippen LogP contribution is -2.19. The number of aryl methyl sites for hydroxylation is 1. The Labute approximate surface area is 95.9 Å². The fourth-order valence-electron chi connectivity index (χ4n) is 1.74. The van der Waals surface area contributed by atoms with Gasteiger partial charge in [-0.2, -0.15) is 0 Å². The summed E-state index contributed by atoms with van der Waals surface area (Å²) < 4.78 is 2.09. The molecule has 1 heterocycles. The fraction of sp³-hybridized carbons (Fsp3) is 0.308. The lowest BCUT2D eigenvalue weighted by atomic mass is 10.2. The van der Waals surface area contributed by atoms with Crippen LogP contribution in [0.2, 0.25) is 0 Å². The van der Waals surface area contributed by atoms with Crippen molar-refractivity contribution in [3.05, 3.63) is 48.0 Å². The zero-order valence-corrected chi connectivity index (χ0v) is 9.72. The highest BCUT2D eigenvalue weighted by Gasteiger charge is 2.06. The minimum Gasteiger partial charge on any atom is -0.328 e. The molecule has 0 bridgehead atoms. The first kappa shape index (κ1) is 10.9. The number of hydrogen-bond donors (Lipinski definition) is 1. The highest BCUT2D eigenvalue weighted by molar-refractivity contribution is 5.36. The summed E-state index contributed by atoms with van der Waals surface area (Å²) in [6.07, 6.45) is 4.56. The predicted molar refractivity (Wildman–Crippen MR) is 65.7 cm³/mol. The van der Waals surface area contributed by atoms with Gasteiger partial charge in [0.25, 0.3) is 0 Å². The van der Waals surface area contributed by atoms with Crippen LogP contribution in [-0.4, -0.2) is 15.6 Å². The third kappa shape index (κ3) is 2.31. The molecule has 0 aliphatic rings. The minimum atomic E-state index is 0.154. The predicted octanol–water partition coefficient (Wildman–Crippen LogP) is 2.07. The van der Waals surface area contributed by atoms with Crippen molar-refractivity contribution in [2.45, 2.75) is 26.3 Å². The molecule has 1 aromatic heterocycles. The zero-order valence-electron chi connectivity index (χ0n) is 9.72. The van der Waals surface area contributed by atoms with Crippen molar-refractivity contribution >= 4 is 0 Å². The van der Waals surface area contributed by atoms with Gasteiger partial charge in [-0.3, -0.25) is 0 Å². The summed E-state index contributed by atoms with van der Waals surface area (Å²) >= 11 is 0. The molecule has 0 aliphatic heterocycles. The maximum atomic E-state index is 5.81. The summed E-state index contributed by atoms with van der Waals surface area (Å²) in [5.41, 5.74) is 9.36. The quantitative estimate of drug-likeness (QED) is 0.851. The summed E-state index contributed by atoms with van der Waals surface area (Å²) in [5, 5.41) is 0.